The summed E-state index contributed by atoms with van der Waals surface area (Å²) in [5.74, 6) is -0.0305. The molecule has 2 heterocycles. The second-order valence-corrected chi connectivity index (χ2v) is 6.10. The summed E-state index contributed by atoms with van der Waals surface area (Å²) < 4.78 is 1.77. The molecule has 3 rings (SSSR count). The van der Waals surface area contributed by atoms with E-state index >= 15 is 0 Å². The van der Waals surface area contributed by atoms with E-state index in [-0.39, 0.29) is 5.91 Å². The van der Waals surface area contributed by atoms with Crippen LogP contribution in [0.4, 0.5) is 10.5 Å². The van der Waals surface area contributed by atoms with E-state index in [1.54, 1.807) is 23.0 Å². The van der Waals surface area contributed by atoms with Crippen molar-refractivity contribution in [3.05, 3.63) is 48.3 Å². The minimum atomic E-state index is -0.651. The van der Waals surface area contributed by atoms with Gasteiger partial charge in [0.15, 0.2) is 0 Å². The summed E-state index contributed by atoms with van der Waals surface area (Å²) >= 11 is 0. The van der Waals surface area contributed by atoms with Gasteiger partial charge in [-0.3, -0.25) is 9.48 Å². The molecule has 0 spiro atoms. The van der Waals surface area contributed by atoms with Gasteiger partial charge in [-0.15, -0.1) is 0 Å². The summed E-state index contributed by atoms with van der Waals surface area (Å²) in [4.78, 5) is 23.8. The Bertz CT molecular complexity index is 720. The summed E-state index contributed by atoms with van der Waals surface area (Å²) in [6.07, 6.45) is 4.93. The highest BCUT2D eigenvalue weighted by molar-refractivity contribution is 5.87. The number of hydrogen-bond acceptors (Lipinski definition) is 4. The van der Waals surface area contributed by atoms with Crippen LogP contribution in [0.5, 0.6) is 0 Å². The third-order valence-corrected chi connectivity index (χ3v) is 4.47. The Labute approximate surface area is 145 Å². The number of amides is 3. The summed E-state index contributed by atoms with van der Waals surface area (Å²) in [6, 6.07) is 8.42. The fourth-order valence-corrected chi connectivity index (χ4v) is 3.12. The molecule has 8 nitrogen and oxygen atoms in total. The van der Waals surface area contributed by atoms with Crippen molar-refractivity contribution in [1.29, 1.82) is 0 Å². The molecule has 3 amide bonds. The monoisotopic (exact) mass is 342 g/mol. The summed E-state index contributed by atoms with van der Waals surface area (Å²) in [6.45, 7) is 1.97. The number of benzene rings is 1. The maximum absolute atomic E-state index is 12.9. The molecule has 2 aromatic rings. The van der Waals surface area contributed by atoms with Crippen LogP contribution in [-0.4, -0.2) is 34.8 Å². The van der Waals surface area contributed by atoms with Crippen molar-refractivity contribution >= 4 is 17.6 Å². The van der Waals surface area contributed by atoms with Crippen molar-refractivity contribution in [3.63, 3.8) is 0 Å². The van der Waals surface area contributed by atoms with E-state index in [0.717, 1.165) is 18.7 Å². The average molecular weight is 342 g/mol. The molecule has 0 bridgehead atoms. The first kappa shape index (κ1) is 17.0. The Morgan fingerprint density at radius 3 is 2.56 bits per heavy atom. The van der Waals surface area contributed by atoms with Crippen LogP contribution < -0.4 is 21.7 Å². The Kier molecular flexibility index (Phi) is 4.99. The summed E-state index contributed by atoms with van der Waals surface area (Å²) in [5.41, 5.74) is 5.99. The molecule has 1 aliphatic heterocycles. The summed E-state index contributed by atoms with van der Waals surface area (Å²) in [5, 5.41) is 13.1. The van der Waals surface area contributed by atoms with Crippen LogP contribution >= 0.6 is 0 Å². The standard InChI is InChI=1S/C17H22N6O2/c18-16(25)22-14-4-2-13(3-5-14)12-20-15(24)17(6-9-19-10-7-17)23-11-1-8-21-23/h1-5,8,11,19H,6-7,9-10,12H2,(H,20,24)(H3,18,22,25). The van der Waals surface area contributed by atoms with Gasteiger partial charge in [-0.2, -0.15) is 5.10 Å². The lowest BCUT2D eigenvalue weighted by atomic mass is 9.87. The van der Waals surface area contributed by atoms with Gasteiger partial charge in [0.1, 0.15) is 5.54 Å². The van der Waals surface area contributed by atoms with Crippen LogP contribution in [0.2, 0.25) is 0 Å². The molecule has 25 heavy (non-hydrogen) atoms. The largest absolute Gasteiger partial charge is 0.351 e. The quantitative estimate of drug-likeness (QED) is 0.642. The van der Waals surface area contributed by atoms with Gasteiger partial charge in [0.2, 0.25) is 5.91 Å². The molecular weight excluding hydrogens is 320 g/mol. The topological polar surface area (TPSA) is 114 Å². The van der Waals surface area contributed by atoms with Gasteiger partial charge in [0.05, 0.1) is 0 Å². The van der Waals surface area contributed by atoms with Gasteiger partial charge in [0, 0.05) is 24.6 Å². The number of urea groups is 1. The van der Waals surface area contributed by atoms with Crippen LogP contribution in [0.15, 0.2) is 42.7 Å². The van der Waals surface area contributed by atoms with Crippen molar-refractivity contribution in [2.45, 2.75) is 24.9 Å². The average Bonchev–Trinajstić information content (AvgIpc) is 3.16. The normalized spacial score (nSPS) is 16.2. The van der Waals surface area contributed by atoms with Crippen LogP contribution in [-0.2, 0) is 16.9 Å². The zero-order valence-electron chi connectivity index (χ0n) is 13.9. The maximum Gasteiger partial charge on any atom is 0.316 e. The van der Waals surface area contributed by atoms with Crippen molar-refractivity contribution in [3.8, 4) is 0 Å². The van der Waals surface area contributed by atoms with Gasteiger partial charge < -0.3 is 21.7 Å². The number of primary amides is 1. The Morgan fingerprint density at radius 1 is 1.24 bits per heavy atom. The highest BCUT2D eigenvalue weighted by Crippen LogP contribution is 2.27. The number of hydrogen-bond donors (Lipinski definition) is 4. The molecule has 0 saturated carbocycles. The van der Waals surface area contributed by atoms with Crippen molar-refractivity contribution in [1.82, 2.24) is 20.4 Å². The molecule has 0 unspecified atom stereocenters. The zero-order chi connectivity index (χ0) is 17.7. The smallest absolute Gasteiger partial charge is 0.316 e. The lowest BCUT2D eigenvalue weighted by Crippen LogP contribution is -2.54. The molecule has 8 heteroatoms. The molecule has 1 aromatic carbocycles. The van der Waals surface area contributed by atoms with Crippen molar-refractivity contribution in [2.75, 3.05) is 18.4 Å². The molecule has 0 atom stereocenters. The number of rotatable bonds is 5. The lowest BCUT2D eigenvalue weighted by Gasteiger charge is -2.36. The van der Waals surface area contributed by atoms with E-state index in [9.17, 15) is 9.59 Å². The van der Waals surface area contributed by atoms with Crippen LogP contribution in [0.1, 0.15) is 18.4 Å². The minimum absolute atomic E-state index is 0.0305. The third kappa shape index (κ3) is 3.80. The van der Waals surface area contributed by atoms with Gasteiger partial charge >= 0.3 is 6.03 Å². The van der Waals surface area contributed by atoms with Gasteiger partial charge in [-0.1, -0.05) is 12.1 Å². The lowest BCUT2D eigenvalue weighted by molar-refractivity contribution is -0.132. The zero-order valence-corrected chi connectivity index (χ0v) is 13.9. The number of nitrogens with two attached hydrogens (primary N) is 1. The molecule has 5 N–H and O–H groups in total. The van der Waals surface area contributed by atoms with E-state index in [1.165, 1.54) is 0 Å². The number of nitrogens with zero attached hydrogens (tertiary/aromatic N) is 2. The summed E-state index contributed by atoms with van der Waals surface area (Å²) in [7, 11) is 0. The molecular formula is C17H22N6O2. The Morgan fingerprint density at radius 2 is 1.96 bits per heavy atom. The Hall–Kier alpha value is -2.87. The molecule has 1 fully saturated rings. The van der Waals surface area contributed by atoms with Crippen LogP contribution in [0.25, 0.3) is 0 Å². The van der Waals surface area contributed by atoms with E-state index in [1.807, 2.05) is 24.4 Å². The first-order valence-electron chi connectivity index (χ1n) is 8.25. The maximum atomic E-state index is 12.9. The predicted octanol–water partition coefficient (Wildman–Crippen LogP) is 0.769. The number of nitrogens with one attached hydrogen (secondary N) is 3. The van der Waals surface area contributed by atoms with E-state index in [2.05, 4.69) is 21.0 Å². The predicted molar refractivity (Wildman–Crippen MR) is 93.8 cm³/mol. The Balaban J connectivity index is 1.67. The molecule has 132 valence electrons. The molecule has 0 radical (unpaired) electrons. The molecule has 1 aliphatic rings. The third-order valence-electron chi connectivity index (χ3n) is 4.47. The van der Waals surface area contributed by atoms with E-state index in [0.29, 0.717) is 25.1 Å². The number of piperidine rings is 1. The fraction of sp³-hybridized carbons (Fsp3) is 0.353. The second kappa shape index (κ2) is 7.35. The van der Waals surface area contributed by atoms with Crippen molar-refractivity contribution in [2.24, 2.45) is 5.73 Å². The molecule has 1 aromatic heterocycles. The first-order chi connectivity index (χ1) is 12.1. The van der Waals surface area contributed by atoms with Crippen LogP contribution in [0, 0.1) is 0 Å². The minimum Gasteiger partial charge on any atom is -0.351 e. The van der Waals surface area contributed by atoms with Crippen LogP contribution in [0.3, 0.4) is 0 Å². The number of carbonyl (C=O) groups excluding carboxylic acids is 2. The van der Waals surface area contributed by atoms with Gasteiger partial charge in [-0.25, -0.2) is 4.79 Å². The SMILES string of the molecule is NC(=O)Nc1ccc(CNC(=O)C2(n3cccn3)CCNCC2)cc1. The van der Waals surface area contributed by atoms with Crippen molar-refractivity contribution < 1.29 is 9.59 Å². The van der Waals surface area contributed by atoms with Gasteiger partial charge in [-0.05, 0) is 49.7 Å². The molecule has 0 aliphatic carbocycles. The van der Waals surface area contributed by atoms with Gasteiger partial charge in [0.25, 0.3) is 0 Å². The number of aromatic nitrogens is 2. The first-order valence-corrected chi connectivity index (χ1v) is 8.25. The molecule has 1 saturated heterocycles. The highest BCUT2D eigenvalue weighted by atomic mass is 16.2. The van der Waals surface area contributed by atoms with E-state index in [4.69, 9.17) is 5.73 Å². The highest BCUT2D eigenvalue weighted by Gasteiger charge is 2.41. The van der Waals surface area contributed by atoms with E-state index < -0.39 is 11.6 Å². The number of carbonyl (C=O) groups is 2. The number of anilines is 1. The fourth-order valence-electron chi connectivity index (χ4n) is 3.12. The second-order valence-electron chi connectivity index (χ2n) is 6.10.